The molecule has 0 radical (unpaired) electrons. The third-order valence-electron chi connectivity index (χ3n) is 5.72. The summed E-state index contributed by atoms with van der Waals surface area (Å²) in [5.41, 5.74) is 0.460. The summed E-state index contributed by atoms with van der Waals surface area (Å²) in [4.78, 5) is 19.2. The van der Waals surface area contributed by atoms with E-state index in [1.165, 1.54) is 6.92 Å². The minimum Gasteiger partial charge on any atom is -0.361 e. The summed E-state index contributed by atoms with van der Waals surface area (Å²) in [6.07, 6.45) is -3.30. The van der Waals surface area contributed by atoms with E-state index in [9.17, 15) is 18.0 Å². The van der Waals surface area contributed by atoms with E-state index < -0.39 is 11.7 Å². The highest BCUT2D eigenvalue weighted by Crippen LogP contribution is 2.38. The van der Waals surface area contributed by atoms with Crippen LogP contribution < -0.4 is 0 Å². The molecule has 3 aromatic heterocycles. The van der Waals surface area contributed by atoms with Gasteiger partial charge in [0, 0.05) is 19.0 Å². The predicted molar refractivity (Wildman–Crippen MR) is 105 cm³/mol. The lowest BCUT2D eigenvalue weighted by Crippen LogP contribution is -2.40. The standard InChI is InChI=1S/C21H23F3N4O3/c1-10(2)18-17(12(4)30-27-18)20(29)28-7-5-6-13(9-28)15-8-14(21(22,23)24)16-11(3)26-31-19(16)25-15/h8,10,13H,5-7,9H2,1-4H3/t13-/m0/s1. The van der Waals surface area contributed by atoms with Crippen LogP contribution in [0.4, 0.5) is 13.2 Å². The summed E-state index contributed by atoms with van der Waals surface area (Å²) in [6, 6.07) is 1.06. The fourth-order valence-corrected chi connectivity index (χ4v) is 4.15. The molecule has 4 rings (SSSR count). The van der Waals surface area contributed by atoms with Crippen LogP contribution in [0.5, 0.6) is 0 Å². The Morgan fingerprint density at radius 2 is 1.97 bits per heavy atom. The molecule has 1 aliphatic heterocycles. The Bertz CT molecular complexity index is 1130. The van der Waals surface area contributed by atoms with Crippen LogP contribution in [0.1, 0.15) is 77.3 Å². The SMILES string of the molecule is Cc1onc(C(C)C)c1C(=O)N1CCC[C@H](c2cc(C(F)(F)F)c3c(C)noc3n2)C1. The molecule has 1 atom stereocenters. The highest BCUT2D eigenvalue weighted by atomic mass is 19.4. The van der Waals surface area contributed by atoms with Gasteiger partial charge in [-0.05, 0) is 38.7 Å². The van der Waals surface area contributed by atoms with Crippen molar-refractivity contribution in [3.05, 3.63) is 40.0 Å². The zero-order valence-electron chi connectivity index (χ0n) is 17.7. The number of carbonyl (C=O) groups is 1. The second kappa shape index (κ2) is 7.65. The average Bonchev–Trinajstić information content (AvgIpc) is 3.29. The average molecular weight is 436 g/mol. The van der Waals surface area contributed by atoms with E-state index in [4.69, 9.17) is 9.05 Å². The van der Waals surface area contributed by atoms with Gasteiger partial charge in [-0.2, -0.15) is 13.2 Å². The minimum absolute atomic E-state index is 0.00472. The lowest BCUT2D eigenvalue weighted by atomic mass is 9.92. The van der Waals surface area contributed by atoms with Gasteiger partial charge in [0.2, 0.25) is 0 Å². The molecule has 0 bridgehead atoms. The molecule has 3 aromatic rings. The molecular formula is C21H23F3N4O3. The van der Waals surface area contributed by atoms with E-state index >= 15 is 0 Å². The molecule has 31 heavy (non-hydrogen) atoms. The van der Waals surface area contributed by atoms with E-state index in [1.54, 1.807) is 11.8 Å². The molecule has 0 spiro atoms. The molecule has 1 aliphatic rings. The minimum atomic E-state index is -4.57. The molecular weight excluding hydrogens is 413 g/mol. The monoisotopic (exact) mass is 436 g/mol. The number of hydrogen-bond acceptors (Lipinski definition) is 6. The lowest BCUT2D eigenvalue weighted by Gasteiger charge is -2.32. The molecule has 10 heteroatoms. The van der Waals surface area contributed by atoms with Crippen molar-refractivity contribution in [3.8, 4) is 0 Å². The molecule has 0 aliphatic carbocycles. The topological polar surface area (TPSA) is 85.3 Å². The molecule has 1 amide bonds. The van der Waals surface area contributed by atoms with Crippen molar-refractivity contribution in [1.29, 1.82) is 0 Å². The summed E-state index contributed by atoms with van der Waals surface area (Å²) in [5, 5.41) is 7.53. The fourth-order valence-electron chi connectivity index (χ4n) is 4.15. The first kappa shape index (κ1) is 21.3. The molecule has 4 heterocycles. The van der Waals surface area contributed by atoms with Gasteiger partial charge in [-0.3, -0.25) is 4.79 Å². The molecule has 0 unspecified atom stereocenters. The van der Waals surface area contributed by atoms with Gasteiger partial charge in [-0.15, -0.1) is 0 Å². The van der Waals surface area contributed by atoms with Crippen molar-refractivity contribution in [2.45, 2.75) is 58.5 Å². The number of likely N-dealkylation sites (tertiary alicyclic amines) is 1. The number of aromatic nitrogens is 3. The number of hydrogen-bond donors (Lipinski definition) is 0. The second-order valence-electron chi connectivity index (χ2n) is 8.28. The van der Waals surface area contributed by atoms with Crippen molar-refractivity contribution in [1.82, 2.24) is 20.2 Å². The third-order valence-corrected chi connectivity index (χ3v) is 5.72. The zero-order chi connectivity index (χ0) is 22.5. The van der Waals surface area contributed by atoms with E-state index in [0.717, 1.165) is 6.07 Å². The van der Waals surface area contributed by atoms with Crippen LogP contribution in [0.3, 0.4) is 0 Å². The summed E-state index contributed by atoms with van der Waals surface area (Å²) in [7, 11) is 0. The maximum Gasteiger partial charge on any atom is 0.417 e. The first-order valence-corrected chi connectivity index (χ1v) is 10.2. The Balaban J connectivity index is 1.67. The molecule has 1 fully saturated rings. The second-order valence-corrected chi connectivity index (χ2v) is 8.28. The van der Waals surface area contributed by atoms with Gasteiger partial charge in [-0.25, -0.2) is 4.98 Å². The molecule has 166 valence electrons. The first-order valence-electron chi connectivity index (χ1n) is 10.2. The maximum absolute atomic E-state index is 13.7. The number of amides is 1. The summed E-state index contributed by atoms with van der Waals surface area (Å²) in [6.45, 7) is 7.74. The smallest absolute Gasteiger partial charge is 0.361 e. The van der Waals surface area contributed by atoms with Gasteiger partial charge in [0.1, 0.15) is 11.3 Å². The van der Waals surface area contributed by atoms with Crippen molar-refractivity contribution < 1.29 is 27.0 Å². The number of nitrogens with zero attached hydrogens (tertiary/aromatic N) is 4. The molecule has 1 saturated heterocycles. The summed E-state index contributed by atoms with van der Waals surface area (Å²) >= 11 is 0. The van der Waals surface area contributed by atoms with Crippen LogP contribution in [0, 0.1) is 13.8 Å². The Hall–Kier alpha value is -2.91. The predicted octanol–water partition coefficient (Wildman–Crippen LogP) is 4.99. The zero-order valence-corrected chi connectivity index (χ0v) is 17.7. The van der Waals surface area contributed by atoms with Gasteiger partial charge in [-0.1, -0.05) is 24.2 Å². The number of carbonyl (C=O) groups excluding carboxylic acids is 1. The Kier molecular flexibility index (Phi) is 5.26. The summed E-state index contributed by atoms with van der Waals surface area (Å²) in [5.74, 6) is -0.131. The van der Waals surface area contributed by atoms with Gasteiger partial charge in [0.25, 0.3) is 11.6 Å². The van der Waals surface area contributed by atoms with Crippen LogP contribution in [-0.2, 0) is 6.18 Å². The van der Waals surface area contributed by atoms with E-state index in [2.05, 4.69) is 15.3 Å². The number of pyridine rings is 1. The first-order chi connectivity index (χ1) is 14.6. The summed E-state index contributed by atoms with van der Waals surface area (Å²) < 4.78 is 51.4. The maximum atomic E-state index is 13.7. The molecule has 0 saturated carbocycles. The van der Waals surface area contributed by atoms with Crippen LogP contribution in [0.25, 0.3) is 11.1 Å². The van der Waals surface area contributed by atoms with Gasteiger partial charge in [0.05, 0.1) is 28.0 Å². The van der Waals surface area contributed by atoms with Crippen molar-refractivity contribution >= 4 is 17.0 Å². The Labute approximate surface area is 176 Å². The van der Waals surface area contributed by atoms with Crippen molar-refractivity contribution in [3.63, 3.8) is 0 Å². The quantitative estimate of drug-likeness (QED) is 0.575. The van der Waals surface area contributed by atoms with Crippen molar-refractivity contribution in [2.24, 2.45) is 0 Å². The van der Waals surface area contributed by atoms with Crippen LogP contribution in [-0.4, -0.2) is 39.2 Å². The number of aryl methyl sites for hydroxylation is 2. The Morgan fingerprint density at radius 1 is 1.23 bits per heavy atom. The number of fused-ring (bicyclic) bond motifs is 1. The highest BCUT2D eigenvalue weighted by molar-refractivity contribution is 5.96. The normalized spacial score (nSPS) is 17.7. The largest absolute Gasteiger partial charge is 0.417 e. The number of piperidine rings is 1. The van der Waals surface area contributed by atoms with Crippen LogP contribution in [0.2, 0.25) is 0 Å². The molecule has 0 N–H and O–H groups in total. The number of rotatable bonds is 3. The van der Waals surface area contributed by atoms with Crippen LogP contribution in [0.15, 0.2) is 15.1 Å². The van der Waals surface area contributed by atoms with Gasteiger partial charge < -0.3 is 13.9 Å². The molecule has 7 nitrogen and oxygen atoms in total. The fraction of sp³-hybridized carbons (Fsp3) is 0.524. The number of alkyl halides is 3. The van der Waals surface area contributed by atoms with Crippen molar-refractivity contribution in [2.75, 3.05) is 13.1 Å². The highest BCUT2D eigenvalue weighted by Gasteiger charge is 2.37. The van der Waals surface area contributed by atoms with Gasteiger partial charge in [0.15, 0.2) is 0 Å². The van der Waals surface area contributed by atoms with E-state index in [0.29, 0.717) is 36.4 Å². The lowest BCUT2D eigenvalue weighted by molar-refractivity contribution is -0.136. The van der Waals surface area contributed by atoms with Gasteiger partial charge >= 0.3 is 6.18 Å². The van der Waals surface area contributed by atoms with E-state index in [1.807, 2.05) is 13.8 Å². The number of halogens is 3. The third kappa shape index (κ3) is 3.79. The molecule has 0 aromatic carbocycles. The van der Waals surface area contributed by atoms with Crippen LogP contribution >= 0.6 is 0 Å². The van der Waals surface area contributed by atoms with E-state index in [-0.39, 0.29) is 46.8 Å². The Morgan fingerprint density at radius 3 is 2.65 bits per heavy atom.